The lowest BCUT2D eigenvalue weighted by Crippen LogP contribution is -2.33. The third-order valence-electron chi connectivity index (χ3n) is 6.56. The van der Waals surface area contributed by atoms with Crippen LogP contribution in [0.2, 0.25) is 0 Å². The van der Waals surface area contributed by atoms with Crippen LogP contribution in [-0.4, -0.2) is 29.0 Å². The molecule has 3 atom stereocenters. The van der Waals surface area contributed by atoms with Crippen LogP contribution in [0.25, 0.3) is 0 Å². The quantitative estimate of drug-likeness (QED) is 0.772. The SMILES string of the molecule is OC[C@@H]1C[C@H](O)C[C@H](c2ccc(C3CC3)c(Cc3ccc(C4CC4)cc3)c2)O1. The van der Waals surface area contributed by atoms with Gasteiger partial charge in [-0.15, -0.1) is 0 Å². The van der Waals surface area contributed by atoms with Gasteiger partial charge in [-0.3, -0.25) is 0 Å². The number of benzene rings is 2. The molecule has 3 fully saturated rings. The summed E-state index contributed by atoms with van der Waals surface area (Å²) in [4.78, 5) is 0. The van der Waals surface area contributed by atoms with Crippen LogP contribution in [0.15, 0.2) is 42.5 Å². The van der Waals surface area contributed by atoms with E-state index in [9.17, 15) is 10.2 Å². The Bertz CT molecular complexity index is 820. The lowest BCUT2D eigenvalue weighted by molar-refractivity contribution is -0.113. The van der Waals surface area contributed by atoms with Crippen LogP contribution in [0, 0.1) is 0 Å². The third kappa shape index (κ3) is 4.03. The van der Waals surface area contributed by atoms with Gasteiger partial charge in [-0.1, -0.05) is 42.5 Å². The lowest BCUT2D eigenvalue weighted by atomic mass is 9.90. The normalized spacial score (nSPS) is 27.7. The minimum Gasteiger partial charge on any atom is -0.394 e. The molecule has 3 nitrogen and oxygen atoms in total. The van der Waals surface area contributed by atoms with E-state index >= 15 is 0 Å². The molecular weight excluding hydrogens is 348 g/mol. The van der Waals surface area contributed by atoms with E-state index in [2.05, 4.69) is 42.5 Å². The van der Waals surface area contributed by atoms with Crippen molar-refractivity contribution in [3.05, 3.63) is 70.3 Å². The molecule has 1 saturated heterocycles. The smallest absolute Gasteiger partial charge is 0.0854 e. The Balaban J connectivity index is 1.39. The highest BCUT2D eigenvalue weighted by atomic mass is 16.5. The van der Waals surface area contributed by atoms with Crippen molar-refractivity contribution in [2.75, 3.05) is 6.61 Å². The number of hydrogen-bond donors (Lipinski definition) is 2. The molecule has 0 aromatic heterocycles. The van der Waals surface area contributed by atoms with Crippen molar-refractivity contribution >= 4 is 0 Å². The fraction of sp³-hybridized carbons (Fsp3) is 0.520. The van der Waals surface area contributed by atoms with Crippen molar-refractivity contribution in [3.8, 4) is 0 Å². The number of ether oxygens (including phenoxy) is 1. The molecule has 3 aliphatic rings. The summed E-state index contributed by atoms with van der Waals surface area (Å²) in [6, 6.07) is 15.9. The summed E-state index contributed by atoms with van der Waals surface area (Å²) >= 11 is 0. The van der Waals surface area contributed by atoms with Gasteiger partial charge < -0.3 is 14.9 Å². The van der Waals surface area contributed by atoms with Crippen LogP contribution in [0.5, 0.6) is 0 Å². The van der Waals surface area contributed by atoms with Crippen molar-refractivity contribution in [1.82, 2.24) is 0 Å². The monoisotopic (exact) mass is 378 g/mol. The first-order valence-electron chi connectivity index (χ1n) is 10.9. The second-order valence-corrected chi connectivity index (χ2v) is 8.98. The zero-order valence-electron chi connectivity index (χ0n) is 16.4. The topological polar surface area (TPSA) is 49.7 Å². The fourth-order valence-corrected chi connectivity index (χ4v) is 4.64. The van der Waals surface area contributed by atoms with Crippen LogP contribution in [0.3, 0.4) is 0 Å². The van der Waals surface area contributed by atoms with E-state index in [0.717, 1.165) is 17.9 Å². The summed E-state index contributed by atoms with van der Waals surface area (Å²) in [5.41, 5.74) is 6.85. The standard InChI is InChI=1S/C25H30O3/c26-15-23-13-22(27)14-25(28-23)20-9-10-24(19-7-8-19)21(12-20)11-16-1-3-17(4-2-16)18-5-6-18/h1-4,9-10,12,18-19,22-23,25-27H,5-8,11,13-15H2/t22-,23-,25+/m0/s1. The fourth-order valence-electron chi connectivity index (χ4n) is 4.64. The van der Waals surface area contributed by atoms with Crippen molar-refractivity contribution in [3.63, 3.8) is 0 Å². The molecule has 2 aliphatic carbocycles. The van der Waals surface area contributed by atoms with E-state index in [1.54, 1.807) is 0 Å². The predicted octanol–water partition coefficient (Wildman–Crippen LogP) is 4.61. The molecule has 0 unspecified atom stereocenters. The van der Waals surface area contributed by atoms with E-state index < -0.39 is 6.10 Å². The summed E-state index contributed by atoms with van der Waals surface area (Å²) in [5.74, 6) is 1.51. The highest BCUT2D eigenvalue weighted by Gasteiger charge is 2.31. The summed E-state index contributed by atoms with van der Waals surface area (Å²) < 4.78 is 6.05. The Morgan fingerprint density at radius 3 is 2.25 bits per heavy atom. The molecule has 0 radical (unpaired) electrons. The summed E-state index contributed by atoms with van der Waals surface area (Å²) in [7, 11) is 0. The first-order valence-corrected chi connectivity index (χ1v) is 10.9. The van der Waals surface area contributed by atoms with Crippen LogP contribution < -0.4 is 0 Å². The number of hydrogen-bond acceptors (Lipinski definition) is 3. The number of rotatable bonds is 6. The molecule has 2 N–H and O–H groups in total. The largest absolute Gasteiger partial charge is 0.394 e. The zero-order chi connectivity index (χ0) is 19.1. The van der Waals surface area contributed by atoms with Gasteiger partial charge in [0.1, 0.15) is 0 Å². The number of aliphatic hydroxyl groups is 2. The first kappa shape index (κ1) is 18.4. The van der Waals surface area contributed by atoms with Gasteiger partial charge in [0.05, 0.1) is 24.9 Å². The van der Waals surface area contributed by atoms with Gasteiger partial charge in [0, 0.05) is 12.8 Å². The second kappa shape index (κ2) is 7.62. The summed E-state index contributed by atoms with van der Waals surface area (Å²) in [5, 5.41) is 19.7. The summed E-state index contributed by atoms with van der Waals surface area (Å²) in [6.07, 6.45) is 6.53. The zero-order valence-corrected chi connectivity index (χ0v) is 16.4. The molecule has 3 heteroatoms. The van der Waals surface area contributed by atoms with Gasteiger partial charge >= 0.3 is 0 Å². The van der Waals surface area contributed by atoms with E-state index in [-0.39, 0.29) is 18.8 Å². The Kier molecular flexibility index (Phi) is 5.00. The van der Waals surface area contributed by atoms with Crippen LogP contribution >= 0.6 is 0 Å². The Morgan fingerprint density at radius 2 is 1.57 bits per heavy atom. The molecule has 1 heterocycles. The van der Waals surface area contributed by atoms with Gasteiger partial charge in [-0.25, -0.2) is 0 Å². The second-order valence-electron chi connectivity index (χ2n) is 8.98. The average Bonchev–Trinajstić information content (AvgIpc) is 3.61. The molecule has 2 saturated carbocycles. The Hall–Kier alpha value is -1.68. The maximum absolute atomic E-state index is 10.2. The molecular formula is C25H30O3. The first-order chi connectivity index (χ1) is 13.7. The maximum Gasteiger partial charge on any atom is 0.0854 e. The van der Waals surface area contributed by atoms with Crippen molar-refractivity contribution < 1.29 is 14.9 Å². The molecule has 1 aliphatic heterocycles. The molecule has 148 valence electrons. The van der Waals surface area contributed by atoms with Crippen molar-refractivity contribution in [1.29, 1.82) is 0 Å². The van der Waals surface area contributed by atoms with E-state index in [1.165, 1.54) is 47.9 Å². The van der Waals surface area contributed by atoms with Gasteiger partial charge in [-0.2, -0.15) is 0 Å². The lowest BCUT2D eigenvalue weighted by Gasteiger charge is -2.33. The van der Waals surface area contributed by atoms with Gasteiger partial charge in [0.2, 0.25) is 0 Å². The molecule has 0 amide bonds. The van der Waals surface area contributed by atoms with Crippen molar-refractivity contribution in [2.45, 2.75) is 75.1 Å². The van der Waals surface area contributed by atoms with Gasteiger partial charge in [0.15, 0.2) is 0 Å². The van der Waals surface area contributed by atoms with Crippen molar-refractivity contribution in [2.24, 2.45) is 0 Å². The van der Waals surface area contributed by atoms with E-state index in [4.69, 9.17) is 4.74 Å². The molecule has 0 bridgehead atoms. The van der Waals surface area contributed by atoms with Crippen LogP contribution in [-0.2, 0) is 11.2 Å². The average molecular weight is 379 g/mol. The van der Waals surface area contributed by atoms with Crippen LogP contribution in [0.1, 0.15) is 84.3 Å². The third-order valence-corrected chi connectivity index (χ3v) is 6.56. The van der Waals surface area contributed by atoms with Crippen LogP contribution in [0.4, 0.5) is 0 Å². The Morgan fingerprint density at radius 1 is 0.857 bits per heavy atom. The molecule has 28 heavy (non-hydrogen) atoms. The maximum atomic E-state index is 10.2. The highest BCUT2D eigenvalue weighted by molar-refractivity contribution is 5.41. The summed E-state index contributed by atoms with van der Waals surface area (Å²) in [6.45, 7) is -0.0338. The molecule has 0 spiro atoms. The van der Waals surface area contributed by atoms with E-state index in [1.807, 2.05) is 0 Å². The minimum absolute atomic E-state index is 0.0338. The number of aliphatic hydroxyl groups excluding tert-OH is 2. The predicted molar refractivity (Wildman–Crippen MR) is 110 cm³/mol. The minimum atomic E-state index is -0.405. The van der Waals surface area contributed by atoms with E-state index in [0.29, 0.717) is 18.8 Å². The van der Waals surface area contributed by atoms with Gasteiger partial charge in [0.25, 0.3) is 0 Å². The molecule has 2 aromatic rings. The molecule has 2 aromatic carbocycles. The Labute approximate surface area is 167 Å². The van der Waals surface area contributed by atoms with Gasteiger partial charge in [-0.05, 0) is 71.8 Å². The highest BCUT2D eigenvalue weighted by Crippen LogP contribution is 2.44. The molecule has 5 rings (SSSR count).